The van der Waals surface area contributed by atoms with Crippen LogP contribution >= 0.6 is 0 Å². The molecule has 1 saturated carbocycles. The molecule has 0 bridgehead atoms. The molecule has 0 N–H and O–H groups in total. The average molecular weight is 386 g/mol. The molecule has 2 heterocycles. The number of hydrogen-bond donors (Lipinski definition) is 0. The van der Waals surface area contributed by atoms with E-state index in [1.54, 1.807) is 7.11 Å². The van der Waals surface area contributed by atoms with Crippen molar-refractivity contribution < 1.29 is 14.3 Å². The van der Waals surface area contributed by atoms with Gasteiger partial charge in [-0.2, -0.15) is 0 Å². The average Bonchev–Trinajstić information content (AvgIpc) is 3.53. The number of piperidine rings is 1. The van der Waals surface area contributed by atoms with Gasteiger partial charge in [-0.25, -0.2) is 0 Å². The van der Waals surface area contributed by atoms with Crippen LogP contribution in [0.4, 0.5) is 0 Å². The number of hydrogen-bond acceptors (Lipinski definition) is 4. The number of carbonyl (C=O) groups is 2. The lowest BCUT2D eigenvalue weighted by Gasteiger charge is -2.52. The molecule has 1 aromatic carbocycles. The van der Waals surface area contributed by atoms with Gasteiger partial charge in [-0.05, 0) is 49.3 Å². The Bertz CT molecular complexity index is 738. The molecule has 2 aliphatic heterocycles. The summed E-state index contributed by atoms with van der Waals surface area (Å²) >= 11 is 0. The monoisotopic (exact) mass is 385 g/mol. The summed E-state index contributed by atoms with van der Waals surface area (Å²) in [5, 5.41) is 0. The number of amides is 2. The highest BCUT2D eigenvalue weighted by Gasteiger charge is 2.51. The van der Waals surface area contributed by atoms with Gasteiger partial charge >= 0.3 is 0 Å². The van der Waals surface area contributed by atoms with Crippen LogP contribution in [-0.4, -0.2) is 78.9 Å². The quantitative estimate of drug-likeness (QED) is 0.775. The zero-order valence-electron chi connectivity index (χ0n) is 17.0. The minimum atomic E-state index is -0.400. The summed E-state index contributed by atoms with van der Waals surface area (Å²) in [6, 6.07) is 7.68. The number of benzene rings is 1. The van der Waals surface area contributed by atoms with Crippen molar-refractivity contribution >= 4 is 11.8 Å². The third kappa shape index (κ3) is 3.75. The molecule has 152 valence electrons. The zero-order chi connectivity index (χ0) is 19.7. The fourth-order valence-electron chi connectivity index (χ4n) is 4.68. The summed E-state index contributed by atoms with van der Waals surface area (Å²) in [4.78, 5) is 32.2. The van der Waals surface area contributed by atoms with Crippen LogP contribution in [-0.2, 0) is 16.0 Å². The highest BCUT2D eigenvalue weighted by Crippen LogP contribution is 2.38. The molecule has 0 unspecified atom stereocenters. The number of piperazine rings is 1. The van der Waals surface area contributed by atoms with Crippen molar-refractivity contribution in [3.63, 3.8) is 0 Å². The van der Waals surface area contributed by atoms with Crippen LogP contribution in [0.1, 0.15) is 31.2 Å². The van der Waals surface area contributed by atoms with Crippen LogP contribution < -0.4 is 4.74 Å². The molecule has 1 spiro atoms. The van der Waals surface area contributed by atoms with Gasteiger partial charge in [-0.1, -0.05) is 12.1 Å². The number of likely N-dealkylation sites (N-methyl/N-ethyl adjacent to an activating group) is 1. The highest BCUT2D eigenvalue weighted by molar-refractivity contribution is 5.88. The predicted octanol–water partition coefficient (Wildman–Crippen LogP) is 1.78. The van der Waals surface area contributed by atoms with E-state index in [9.17, 15) is 9.59 Å². The van der Waals surface area contributed by atoms with Gasteiger partial charge in [0.2, 0.25) is 11.8 Å². The summed E-state index contributed by atoms with van der Waals surface area (Å²) in [5.74, 6) is 1.92. The van der Waals surface area contributed by atoms with Crippen LogP contribution in [0.25, 0.3) is 0 Å². The Morgan fingerprint density at radius 2 is 1.93 bits per heavy atom. The smallest absolute Gasteiger partial charge is 0.243 e. The molecular weight excluding hydrogens is 354 g/mol. The van der Waals surface area contributed by atoms with Crippen LogP contribution in [0.2, 0.25) is 0 Å². The molecule has 0 aromatic heterocycles. The number of nitrogens with zero attached hydrogens (tertiary/aromatic N) is 3. The molecule has 28 heavy (non-hydrogen) atoms. The number of methoxy groups -OCH3 is 1. The van der Waals surface area contributed by atoms with Gasteiger partial charge < -0.3 is 14.5 Å². The summed E-state index contributed by atoms with van der Waals surface area (Å²) in [5.41, 5.74) is 0.566. The van der Waals surface area contributed by atoms with Gasteiger partial charge in [-0.15, -0.1) is 0 Å². The van der Waals surface area contributed by atoms with Crippen LogP contribution in [0, 0.1) is 5.92 Å². The van der Waals surface area contributed by atoms with E-state index < -0.39 is 5.54 Å². The van der Waals surface area contributed by atoms with E-state index in [1.165, 1.54) is 12.8 Å². The second kappa shape index (κ2) is 7.74. The SMILES string of the molecule is COc1cccc(CC(=O)N2CCC3(CC2)C(=O)N(C)CCN3CC2CC2)c1. The first kappa shape index (κ1) is 19.2. The first-order valence-electron chi connectivity index (χ1n) is 10.4. The van der Waals surface area contributed by atoms with Gasteiger partial charge in [0.25, 0.3) is 0 Å². The van der Waals surface area contributed by atoms with E-state index in [1.807, 2.05) is 41.1 Å². The Labute approximate surface area is 167 Å². The fraction of sp³-hybridized carbons (Fsp3) is 0.636. The van der Waals surface area contributed by atoms with E-state index in [0.29, 0.717) is 19.5 Å². The molecule has 3 aliphatic rings. The predicted molar refractivity (Wildman–Crippen MR) is 107 cm³/mol. The third-order valence-corrected chi connectivity index (χ3v) is 6.66. The Balaban J connectivity index is 1.41. The molecular formula is C22H31N3O3. The first-order valence-corrected chi connectivity index (χ1v) is 10.4. The van der Waals surface area contributed by atoms with Crippen molar-refractivity contribution in [3.05, 3.63) is 29.8 Å². The van der Waals surface area contributed by atoms with E-state index in [2.05, 4.69) is 4.90 Å². The lowest BCUT2D eigenvalue weighted by atomic mass is 9.82. The van der Waals surface area contributed by atoms with Gasteiger partial charge in [0.15, 0.2) is 0 Å². The fourth-order valence-corrected chi connectivity index (χ4v) is 4.68. The van der Waals surface area contributed by atoms with Crippen molar-refractivity contribution in [1.29, 1.82) is 0 Å². The zero-order valence-corrected chi connectivity index (χ0v) is 17.0. The van der Waals surface area contributed by atoms with Gasteiger partial charge in [0.05, 0.1) is 13.5 Å². The summed E-state index contributed by atoms with van der Waals surface area (Å²) in [6.07, 6.45) is 4.45. The standard InChI is InChI=1S/C22H31N3O3/c1-23-12-13-25(16-17-6-7-17)22(21(23)27)8-10-24(11-9-22)20(26)15-18-4-3-5-19(14-18)28-2/h3-5,14,17H,6-13,15-16H2,1-2H3. The lowest BCUT2D eigenvalue weighted by molar-refractivity contribution is -0.157. The van der Waals surface area contributed by atoms with E-state index in [-0.39, 0.29) is 11.8 Å². The Morgan fingerprint density at radius 1 is 1.18 bits per heavy atom. The maximum atomic E-state index is 13.1. The van der Waals surface area contributed by atoms with Gasteiger partial charge in [0.1, 0.15) is 11.3 Å². The van der Waals surface area contributed by atoms with Crippen molar-refractivity contribution in [3.8, 4) is 5.75 Å². The van der Waals surface area contributed by atoms with Gasteiger partial charge in [0, 0.05) is 39.8 Å². The molecule has 3 fully saturated rings. The largest absolute Gasteiger partial charge is 0.497 e. The van der Waals surface area contributed by atoms with Gasteiger partial charge in [-0.3, -0.25) is 14.5 Å². The van der Waals surface area contributed by atoms with Crippen LogP contribution in [0.3, 0.4) is 0 Å². The Morgan fingerprint density at radius 3 is 2.61 bits per heavy atom. The van der Waals surface area contributed by atoms with E-state index in [0.717, 1.165) is 49.7 Å². The van der Waals surface area contributed by atoms with Crippen molar-refractivity contribution in [1.82, 2.24) is 14.7 Å². The molecule has 6 heteroatoms. The molecule has 6 nitrogen and oxygen atoms in total. The summed E-state index contributed by atoms with van der Waals surface area (Å²) < 4.78 is 5.25. The summed E-state index contributed by atoms with van der Waals surface area (Å²) in [6.45, 7) is 4.12. The maximum Gasteiger partial charge on any atom is 0.243 e. The minimum Gasteiger partial charge on any atom is -0.497 e. The second-order valence-electron chi connectivity index (χ2n) is 8.56. The second-order valence-corrected chi connectivity index (χ2v) is 8.56. The summed E-state index contributed by atoms with van der Waals surface area (Å²) in [7, 11) is 3.55. The van der Waals surface area contributed by atoms with Crippen LogP contribution in [0.5, 0.6) is 5.75 Å². The molecule has 1 aromatic rings. The molecule has 4 rings (SSSR count). The highest BCUT2D eigenvalue weighted by atomic mass is 16.5. The normalized spacial score (nSPS) is 22.6. The Kier molecular flexibility index (Phi) is 5.32. The molecule has 2 amide bonds. The van der Waals surface area contributed by atoms with Crippen molar-refractivity contribution in [2.24, 2.45) is 5.92 Å². The molecule has 2 saturated heterocycles. The molecule has 0 radical (unpaired) electrons. The van der Waals surface area contributed by atoms with E-state index >= 15 is 0 Å². The maximum absolute atomic E-state index is 13.1. The molecule has 1 aliphatic carbocycles. The number of rotatable bonds is 5. The van der Waals surface area contributed by atoms with Crippen molar-refractivity contribution in [2.75, 3.05) is 46.9 Å². The lowest BCUT2D eigenvalue weighted by Crippen LogP contribution is -2.68. The number of ether oxygens (including phenoxy) is 1. The number of carbonyl (C=O) groups excluding carboxylic acids is 2. The van der Waals surface area contributed by atoms with E-state index in [4.69, 9.17) is 4.74 Å². The third-order valence-electron chi connectivity index (χ3n) is 6.66. The molecule has 0 atom stereocenters. The number of likely N-dealkylation sites (tertiary alicyclic amines) is 1. The van der Waals surface area contributed by atoms with Crippen LogP contribution in [0.15, 0.2) is 24.3 Å². The van der Waals surface area contributed by atoms with Crippen molar-refractivity contribution in [2.45, 2.75) is 37.6 Å². The minimum absolute atomic E-state index is 0.133. The topological polar surface area (TPSA) is 53.1 Å². The Hall–Kier alpha value is -2.08. The first-order chi connectivity index (χ1) is 13.5.